The van der Waals surface area contributed by atoms with Crippen LogP contribution in [-0.4, -0.2) is 4.99 Å². The van der Waals surface area contributed by atoms with E-state index in [1.807, 2.05) is 50.5 Å². The van der Waals surface area contributed by atoms with E-state index in [9.17, 15) is 9.50 Å². The van der Waals surface area contributed by atoms with Gasteiger partial charge in [-0.2, -0.15) is 4.57 Å². The van der Waals surface area contributed by atoms with Crippen molar-refractivity contribution >= 4 is 34.3 Å². The van der Waals surface area contributed by atoms with E-state index in [1.165, 1.54) is 24.3 Å². The zero-order valence-corrected chi connectivity index (χ0v) is 19.3. The normalized spacial score (nSPS) is 12.3. The van der Waals surface area contributed by atoms with E-state index in [4.69, 9.17) is 12.2 Å². The standard InChI is InChI=1S/C26H27FN2OS/c1-17-14-18(2)16-22(15-17)28-25(31)23(24(30)19-6-8-21(27)9-7-19)29-12-10-20(11-13-29)26(3,4)5/h6-16H,1-5H3,(H-,28,30,31). The topological polar surface area (TPSA) is 39.0 Å². The van der Waals surface area contributed by atoms with Gasteiger partial charge in [0.05, 0.1) is 0 Å². The smallest absolute Gasteiger partial charge is 0.238 e. The molecular weight excluding hydrogens is 407 g/mol. The SMILES string of the molecule is Cc1cc(C)cc(NC(=S)C(=C([O-])c2ccc(F)cc2)[n+]2ccc(C(C)(C)C)cc2)c1. The molecule has 1 heterocycles. The van der Waals surface area contributed by atoms with Gasteiger partial charge >= 0.3 is 0 Å². The van der Waals surface area contributed by atoms with Gasteiger partial charge in [0.25, 0.3) is 0 Å². The van der Waals surface area contributed by atoms with Gasteiger partial charge in [-0.1, -0.05) is 51.2 Å². The summed E-state index contributed by atoms with van der Waals surface area (Å²) in [4.78, 5) is 0.299. The first-order valence-electron chi connectivity index (χ1n) is 10.1. The number of anilines is 1. The third kappa shape index (κ3) is 5.56. The number of hydrogen-bond donors (Lipinski definition) is 1. The number of rotatable bonds is 4. The molecule has 1 aromatic heterocycles. The van der Waals surface area contributed by atoms with Crippen molar-refractivity contribution in [3.8, 4) is 0 Å². The van der Waals surface area contributed by atoms with Crippen LogP contribution in [0.4, 0.5) is 10.1 Å². The predicted molar refractivity (Wildman–Crippen MR) is 127 cm³/mol. The van der Waals surface area contributed by atoms with Crippen molar-refractivity contribution in [2.24, 2.45) is 0 Å². The summed E-state index contributed by atoms with van der Waals surface area (Å²) in [7, 11) is 0. The lowest BCUT2D eigenvalue weighted by Crippen LogP contribution is -2.40. The molecule has 0 amide bonds. The van der Waals surface area contributed by atoms with E-state index in [0.717, 1.165) is 22.4 Å². The fraction of sp³-hybridized carbons (Fsp3) is 0.231. The Morgan fingerprint density at radius 2 is 1.48 bits per heavy atom. The molecule has 2 aromatic carbocycles. The average Bonchev–Trinajstić information content (AvgIpc) is 2.67. The molecule has 0 radical (unpaired) electrons. The molecule has 0 unspecified atom stereocenters. The van der Waals surface area contributed by atoms with Crippen LogP contribution in [0.5, 0.6) is 0 Å². The number of halogens is 1. The van der Waals surface area contributed by atoms with Crippen molar-refractivity contribution in [1.29, 1.82) is 0 Å². The minimum Gasteiger partial charge on any atom is -0.867 e. The summed E-state index contributed by atoms with van der Waals surface area (Å²) in [5.74, 6) is -0.674. The number of nitrogens with one attached hydrogen (secondary N) is 1. The van der Waals surface area contributed by atoms with Gasteiger partial charge in [-0.05, 0) is 71.5 Å². The van der Waals surface area contributed by atoms with Crippen LogP contribution >= 0.6 is 12.2 Å². The zero-order chi connectivity index (χ0) is 22.8. The predicted octanol–water partition coefficient (Wildman–Crippen LogP) is 5.15. The molecule has 0 saturated carbocycles. The van der Waals surface area contributed by atoms with Crippen LogP contribution in [0.1, 0.15) is 43.0 Å². The van der Waals surface area contributed by atoms with Crippen molar-refractivity contribution in [2.45, 2.75) is 40.0 Å². The Bertz CT molecular complexity index is 1110. The van der Waals surface area contributed by atoms with Crippen molar-refractivity contribution in [1.82, 2.24) is 0 Å². The maximum atomic E-state index is 13.4. The van der Waals surface area contributed by atoms with Gasteiger partial charge in [0, 0.05) is 17.8 Å². The fourth-order valence-electron chi connectivity index (χ4n) is 3.39. The average molecular weight is 435 g/mol. The number of thiocarbonyl (C=S) groups is 1. The summed E-state index contributed by atoms with van der Waals surface area (Å²) in [5, 5.41) is 16.6. The van der Waals surface area contributed by atoms with Crippen LogP contribution in [0, 0.1) is 19.7 Å². The first-order chi connectivity index (χ1) is 14.5. The molecule has 0 aliphatic rings. The first kappa shape index (κ1) is 22.6. The van der Waals surface area contributed by atoms with Crippen molar-refractivity contribution in [2.75, 3.05) is 5.32 Å². The fourth-order valence-corrected chi connectivity index (χ4v) is 3.70. The monoisotopic (exact) mass is 434 g/mol. The van der Waals surface area contributed by atoms with Gasteiger partial charge in [-0.25, -0.2) is 4.39 Å². The molecule has 0 spiro atoms. The van der Waals surface area contributed by atoms with Crippen LogP contribution in [-0.2, 0) is 5.41 Å². The molecule has 0 aliphatic heterocycles. The number of benzene rings is 2. The Labute approximate surface area is 188 Å². The number of nitrogens with zero attached hydrogens (tertiary/aromatic N) is 1. The van der Waals surface area contributed by atoms with E-state index < -0.39 is 5.82 Å². The Hall–Kier alpha value is -3.05. The maximum absolute atomic E-state index is 13.4. The molecule has 0 aliphatic carbocycles. The second kappa shape index (κ2) is 8.98. The largest absolute Gasteiger partial charge is 0.867 e. The van der Waals surface area contributed by atoms with Gasteiger partial charge in [-0.15, -0.1) is 0 Å². The lowest BCUT2D eigenvalue weighted by Gasteiger charge is -2.20. The number of aryl methyl sites for hydroxylation is 2. The Kier molecular flexibility index (Phi) is 6.56. The molecule has 0 bridgehead atoms. The zero-order valence-electron chi connectivity index (χ0n) is 18.5. The van der Waals surface area contributed by atoms with E-state index in [0.29, 0.717) is 16.2 Å². The van der Waals surface area contributed by atoms with Gasteiger partial charge < -0.3 is 10.4 Å². The summed E-state index contributed by atoms with van der Waals surface area (Å²) < 4.78 is 15.1. The minimum absolute atomic E-state index is 0.0158. The molecule has 3 nitrogen and oxygen atoms in total. The maximum Gasteiger partial charge on any atom is 0.238 e. The summed E-state index contributed by atoms with van der Waals surface area (Å²) in [6.45, 7) is 10.4. The quantitative estimate of drug-likeness (QED) is 0.267. The van der Waals surface area contributed by atoms with E-state index in [2.05, 4.69) is 32.2 Å². The van der Waals surface area contributed by atoms with E-state index in [1.54, 1.807) is 4.57 Å². The molecule has 1 N–H and O–H groups in total. The molecule has 0 saturated heterocycles. The second-order valence-corrected chi connectivity index (χ2v) is 9.17. The molecular formula is C26H27FN2OS. The molecule has 0 fully saturated rings. The molecule has 31 heavy (non-hydrogen) atoms. The highest BCUT2D eigenvalue weighted by Crippen LogP contribution is 2.22. The lowest BCUT2D eigenvalue weighted by molar-refractivity contribution is -0.577. The molecule has 3 aromatic rings. The Morgan fingerprint density at radius 3 is 2.00 bits per heavy atom. The third-order valence-corrected chi connectivity index (χ3v) is 5.27. The summed E-state index contributed by atoms with van der Waals surface area (Å²) in [6, 6.07) is 15.5. The highest BCUT2D eigenvalue weighted by Gasteiger charge is 2.21. The first-order valence-corrected chi connectivity index (χ1v) is 10.5. The van der Waals surface area contributed by atoms with Crippen LogP contribution < -0.4 is 15.0 Å². The van der Waals surface area contributed by atoms with Gasteiger partial charge in [0.15, 0.2) is 17.4 Å². The van der Waals surface area contributed by atoms with Gasteiger partial charge in [0.2, 0.25) is 5.70 Å². The van der Waals surface area contributed by atoms with Crippen LogP contribution in [0.25, 0.3) is 11.5 Å². The number of hydrogen-bond acceptors (Lipinski definition) is 2. The van der Waals surface area contributed by atoms with Gasteiger partial charge in [0.1, 0.15) is 5.82 Å². The molecule has 160 valence electrons. The van der Waals surface area contributed by atoms with Crippen LogP contribution in [0.2, 0.25) is 0 Å². The van der Waals surface area contributed by atoms with E-state index >= 15 is 0 Å². The number of aromatic nitrogens is 1. The van der Waals surface area contributed by atoms with Gasteiger partial charge in [-0.3, -0.25) is 0 Å². The Morgan fingerprint density at radius 1 is 0.935 bits per heavy atom. The highest BCUT2D eigenvalue weighted by molar-refractivity contribution is 7.81. The Balaban J connectivity index is 2.08. The molecule has 5 heteroatoms. The molecule has 3 rings (SSSR count). The minimum atomic E-state index is -0.392. The van der Waals surface area contributed by atoms with Crippen LogP contribution in [0.15, 0.2) is 67.0 Å². The van der Waals surface area contributed by atoms with Crippen molar-refractivity contribution in [3.63, 3.8) is 0 Å². The summed E-state index contributed by atoms with van der Waals surface area (Å²) >= 11 is 5.67. The van der Waals surface area contributed by atoms with Crippen LogP contribution in [0.3, 0.4) is 0 Å². The number of pyridine rings is 1. The highest BCUT2D eigenvalue weighted by atomic mass is 32.1. The lowest BCUT2D eigenvalue weighted by atomic mass is 9.88. The molecule has 0 atom stereocenters. The third-order valence-electron chi connectivity index (χ3n) is 4.97. The summed E-state index contributed by atoms with van der Waals surface area (Å²) in [6.07, 6.45) is 3.68. The van der Waals surface area contributed by atoms with Crippen molar-refractivity contribution in [3.05, 3.63) is 95.1 Å². The second-order valence-electron chi connectivity index (χ2n) is 8.76. The van der Waals surface area contributed by atoms with E-state index in [-0.39, 0.29) is 11.2 Å². The summed E-state index contributed by atoms with van der Waals surface area (Å²) in [5.41, 5.74) is 4.81. The van der Waals surface area contributed by atoms with Crippen molar-refractivity contribution < 1.29 is 14.1 Å².